The SMILES string of the molecule is COC(=O)c1ccc(C2CC(=O)N3C(=C2C#N)SCC3(O)c2ccc(OC)cc2)cc1. The van der Waals surface area contributed by atoms with Gasteiger partial charge in [0.1, 0.15) is 5.75 Å². The van der Waals surface area contributed by atoms with E-state index in [0.29, 0.717) is 27.5 Å². The number of carbonyl (C=O) groups is 2. The number of amides is 1. The lowest BCUT2D eigenvalue weighted by atomic mass is 9.85. The lowest BCUT2D eigenvalue weighted by Gasteiger charge is -2.38. The summed E-state index contributed by atoms with van der Waals surface area (Å²) in [5.41, 5.74) is 0.600. The molecule has 2 aromatic rings. The molecule has 1 fully saturated rings. The highest BCUT2D eigenvalue weighted by molar-refractivity contribution is 8.03. The maximum absolute atomic E-state index is 13.2. The number of fused-ring (bicyclic) bond motifs is 1. The number of thioether (sulfide) groups is 1. The summed E-state index contributed by atoms with van der Waals surface area (Å²) in [5, 5.41) is 21.8. The van der Waals surface area contributed by atoms with Gasteiger partial charge in [0.05, 0.1) is 42.2 Å². The minimum Gasteiger partial charge on any atom is -0.497 e. The molecular formula is C23H20N2O5S. The molecule has 1 saturated heterocycles. The van der Waals surface area contributed by atoms with Crippen LogP contribution in [-0.2, 0) is 15.3 Å². The van der Waals surface area contributed by atoms with Gasteiger partial charge in [-0.1, -0.05) is 24.3 Å². The maximum atomic E-state index is 13.2. The summed E-state index contributed by atoms with van der Waals surface area (Å²) in [6.45, 7) is 0. The molecule has 2 aliphatic rings. The first-order chi connectivity index (χ1) is 14.9. The van der Waals surface area contributed by atoms with Gasteiger partial charge in [-0.05, 0) is 29.8 Å². The molecular weight excluding hydrogens is 416 g/mol. The molecule has 0 spiro atoms. The number of allylic oxidation sites excluding steroid dienone is 1. The van der Waals surface area contributed by atoms with Gasteiger partial charge in [0.25, 0.3) is 0 Å². The number of nitriles is 1. The zero-order valence-corrected chi connectivity index (χ0v) is 17.8. The third kappa shape index (κ3) is 3.46. The van der Waals surface area contributed by atoms with Gasteiger partial charge in [0, 0.05) is 17.9 Å². The summed E-state index contributed by atoms with van der Waals surface area (Å²) in [5.74, 6) is -0.292. The summed E-state index contributed by atoms with van der Waals surface area (Å²) in [7, 11) is 2.87. The van der Waals surface area contributed by atoms with Crippen LogP contribution in [0.25, 0.3) is 0 Å². The van der Waals surface area contributed by atoms with E-state index in [2.05, 4.69) is 6.07 Å². The first-order valence-corrected chi connectivity index (χ1v) is 10.6. The number of nitrogens with zero attached hydrogens (tertiary/aromatic N) is 2. The Morgan fingerprint density at radius 2 is 1.87 bits per heavy atom. The molecule has 2 heterocycles. The number of benzene rings is 2. The van der Waals surface area contributed by atoms with Gasteiger partial charge in [-0.2, -0.15) is 5.26 Å². The van der Waals surface area contributed by atoms with Crippen LogP contribution in [0.1, 0.15) is 33.8 Å². The van der Waals surface area contributed by atoms with Crippen LogP contribution in [0.3, 0.4) is 0 Å². The topological polar surface area (TPSA) is 99.9 Å². The van der Waals surface area contributed by atoms with Gasteiger partial charge < -0.3 is 14.6 Å². The Balaban J connectivity index is 1.72. The number of aliphatic hydroxyl groups is 1. The first kappa shape index (κ1) is 21.0. The molecule has 2 unspecified atom stereocenters. The van der Waals surface area contributed by atoms with E-state index in [-0.39, 0.29) is 18.1 Å². The minimum atomic E-state index is -1.54. The Kier molecular flexibility index (Phi) is 5.48. The van der Waals surface area contributed by atoms with E-state index in [1.807, 2.05) is 0 Å². The predicted octanol–water partition coefficient (Wildman–Crippen LogP) is 3.12. The molecule has 0 radical (unpaired) electrons. The first-order valence-electron chi connectivity index (χ1n) is 9.58. The van der Waals surface area contributed by atoms with E-state index < -0.39 is 17.6 Å². The number of hydrogen-bond donors (Lipinski definition) is 1. The molecule has 2 aliphatic heterocycles. The van der Waals surface area contributed by atoms with E-state index in [1.165, 1.54) is 23.8 Å². The lowest BCUT2D eigenvalue weighted by molar-refractivity contribution is -0.149. The molecule has 1 N–H and O–H groups in total. The van der Waals surface area contributed by atoms with Gasteiger partial charge in [-0.25, -0.2) is 4.79 Å². The van der Waals surface area contributed by atoms with Crippen LogP contribution in [0.4, 0.5) is 0 Å². The fraction of sp³-hybridized carbons (Fsp3) is 0.261. The Morgan fingerprint density at radius 1 is 1.19 bits per heavy atom. The molecule has 158 valence electrons. The number of hydrogen-bond acceptors (Lipinski definition) is 7. The molecule has 0 bridgehead atoms. The second kappa shape index (κ2) is 8.10. The third-order valence-corrected chi connectivity index (χ3v) is 6.82. The van der Waals surface area contributed by atoms with Crippen molar-refractivity contribution in [3.05, 3.63) is 75.8 Å². The van der Waals surface area contributed by atoms with Crippen molar-refractivity contribution in [1.82, 2.24) is 4.90 Å². The summed E-state index contributed by atoms with van der Waals surface area (Å²) < 4.78 is 9.89. The fourth-order valence-corrected chi connectivity index (χ4v) is 5.31. The van der Waals surface area contributed by atoms with Crippen molar-refractivity contribution in [3.8, 4) is 11.8 Å². The summed E-state index contributed by atoms with van der Waals surface area (Å²) in [6.07, 6.45) is 0.0446. The quantitative estimate of drug-likeness (QED) is 0.735. The minimum absolute atomic E-state index is 0.0446. The maximum Gasteiger partial charge on any atom is 0.337 e. The van der Waals surface area contributed by atoms with Crippen molar-refractivity contribution in [1.29, 1.82) is 5.26 Å². The lowest BCUT2D eigenvalue weighted by Crippen LogP contribution is -2.48. The number of esters is 1. The predicted molar refractivity (Wildman–Crippen MR) is 114 cm³/mol. The number of carbonyl (C=O) groups excluding carboxylic acids is 2. The van der Waals surface area contributed by atoms with Crippen LogP contribution in [-0.4, -0.2) is 41.9 Å². The Bertz CT molecular complexity index is 1100. The van der Waals surface area contributed by atoms with Crippen LogP contribution < -0.4 is 4.74 Å². The second-order valence-electron chi connectivity index (χ2n) is 7.26. The Morgan fingerprint density at radius 3 is 2.45 bits per heavy atom. The van der Waals surface area contributed by atoms with E-state index in [1.54, 1.807) is 55.6 Å². The second-order valence-corrected chi connectivity index (χ2v) is 8.23. The van der Waals surface area contributed by atoms with E-state index in [0.717, 1.165) is 5.56 Å². The highest BCUT2D eigenvalue weighted by Crippen LogP contribution is 2.51. The Hall–Kier alpha value is -3.28. The van der Waals surface area contributed by atoms with E-state index in [4.69, 9.17) is 9.47 Å². The van der Waals surface area contributed by atoms with Gasteiger partial charge >= 0.3 is 5.97 Å². The molecule has 7 nitrogen and oxygen atoms in total. The zero-order chi connectivity index (χ0) is 22.2. The standard InChI is InChI=1S/C23H20N2O5S/c1-29-17-9-7-16(8-10-17)23(28)13-31-21-19(12-24)18(11-20(26)25(21)23)14-3-5-15(6-4-14)22(27)30-2/h3-10,18,28H,11,13H2,1-2H3. The fourth-order valence-electron chi connectivity index (χ4n) is 3.95. The molecule has 1 amide bonds. The molecule has 0 aromatic heterocycles. The third-order valence-electron chi connectivity index (χ3n) is 5.60. The van der Waals surface area contributed by atoms with Crippen molar-refractivity contribution in [3.63, 3.8) is 0 Å². The molecule has 4 rings (SSSR count). The van der Waals surface area contributed by atoms with Crippen molar-refractivity contribution in [2.45, 2.75) is 18.1 Å². The average Bonchev–Trinajstić information content (AvgIpc) is 3.17. The van der Waals surface area contributed by atoms with E-state index in [9.17, 15) is 20.0 Å². The molecule has 2 atom stereocenters. The number of ether oxygens (including phenoxy) is 2. The largest absolute Gasteiger partial charge is 0.497 e. The van der Waals surface area contributed by atoms with E-state index >= 15 is 0 Å². The molecule has 0 saturated carbocycles. The van der Waals surface area contributed by atoms with Crippen molar-refractivity contribution < 1.29 is 24.2 Å². The van der Waals surface area contributed by atoms with Crippen molar-refractivity contribution in [2.75, 3.05) is 20.0 Å². The number of rotatable bonds is 4. The van der Waals surface area contributed by atoms with Crippen LogP contribution in [0, 0.1) is 11.3 Å². The van der Waals surface area contributed by atoms with Crippen molar-refractivity contribution in [2.24, 2.45) is 0 Å². The van der Waals surface area contributed by atoms with Gasteiger partial charge in [0.2, 0.25) is 5.91 Å². The van der Waals surface area contributed by atoms with Gasteiger partial charge in [0.15, 0.2) is 5.72 Å². The molecule has 8 heteroatoms. The monoisotopic (exact) mass is 436 g/mol. The van der Waals surface area contributed by atoms with Crippen molar-refractivity contribution >= 4 is 23.6 Å². The summed E-state index contributed by atoms with van der Waals surface area (Å²) >= 11 is 1.29. The number of methoxy groups -OCH3 is 2. The molecule has 2 aromatic carbocycles. The normalized spacial score (nSPS) is 22.7. The van der Waals surface area contributed by atoms with Crippen LogP contribution in [0.5, 0.6) is 5.75 Å². The zero-order valence-electron chi connectivity index (χ0n) is 17.0. The average molecular weight is 436 g/mol. The van der Waals surface area contributed by atoms with Crippen LogP contribution >= 0.6 is 11.8 Å². The highest BCUT2D eigenvalue weighted by atomic mass is 32.2. The smallest absolute Gasteiger partial charge is 0.337 e. The summed E-state index contributed by atoms with van der Waals surface area (Å²) in [6, 6.07) is 15.8. The van der Waals surface area contributed by atoms with Crippen LogP contribution in [0.2, 0.25) is 0 Å². The molecule has 0 aliphatic carbocycles. The van der Waals surface area contributed by atoms with Gasteiger partial charge in [-0.3, -0.25) is 9.69 Å². The molecule has 31 heavy (non-hydrogen) atoms. The highest BCUT2D eigenvalue weighted by Gasteiger charge is 2.51. The van der Waals surface area contributed by atoms with Crippen LogP contribution in [0.15, 0.2) is 59.1 Å². The Labute approximate surface area is 183 Å². The van der Waals surface area contributed by atoms with Gasteiger partial charge in [-0.15, -0.1) is 11.8 Å². The summed E-state index contributed by atoms with van der Waals surface area (Å²) in [4.78, 5) is 26.2.